The van der Waals surface area contributed by atoms with E-state index in [2.05, 4.69) is 31.9 Å². The molecule has 0 unspecified atom stereocenters. The first-order chi connectivity index (χ1) is 14.5. The fraction of sp³-hybridized carbons (Fsp3) is 0.318. The fourth-order valence-electron chi connectivity index (χ4n) is 3.67. The lowest BCUT2D eigenvalue weighted by Gasteiger charge is -2.34. The highest BCUT2D eigenvalue weighted by Crippen LogP contribution is 2.15. The van der Waals surface area contributed by atoms with Gasteiger partial charge < -0.3 is 9.72 Å². The number of aromatic amines is 1. The molecule has 0 amide bonds. The van der Waals surface area contributed by atoms with E-state index in [1.807, 2.05) is 12.1 Å². The summed E-state index contributed by atoms with van der Waals surface area (Å²) in [6.07, 6.45) is 0. The van der Waals surface area contributed by atoms with Gasteiger partial charge in [0.2, 0.25) is 0 Å². The number of benzene rings is 2. The first-order valence-electron chi connectivity index (χ1n) is 9.82. The van der Waals surface area contributed by atoms with Gasteiger partial charge in [-0.1, -0.05) is 23.7 Å². The average molecular weight is 427 g/mol. The Balaban J connectivity index is 1.41. The molecule has 0 aliphatic carbocycles. The van der Waals surface area contributed by atoms with Crippen molar-refractivity contribution in [2.75, 3.05) is 33.3 Å². The Kier molecular flexibility index (Phi) is 6.13. The van der Waals surface area contributed by atoms with E-state index in [4.69, 9.17) is 16.3 Å². The number of ether oxygens (including phenoxy) is 1. The molecule has 7 nitrogen and oxygen atoms in total. The number of carbonyl (C=O) groups excluding carboxylic acids is 1. The molecule has 0 bridgehead atoms. The zero-order chi connectivity index (χ0) is 21.1. The van der Waals surface area contributed by atoms with Crippen molar-refractivity contribution in [1.29, 1.82) is 0 Å². The van der Waals surface area contributed by atoms with Crippen molar-refractivity contribution in [2.24, 2.45) is 0 Å². The maximum atomic E-state index is 12.4. The number of esters is 1. The molecule has 3 aromatic rings. The van der Waals surface area contributed by atoms with Gasteiger partial charge in [0.15, 0.2) is 0 Å². The van der Waals surface area contributed by atoms with Gasteiger partial charge in [0.05, 0.1) is 30.1 Å². The molecule has 1 aromatic heterocycles. The molecule has 0 saturated carbocycles. The normalized spacial score (nSPS) is 15.4. The summed E-state index contributed by atoms with van der Waals surface area (Å²) in [6, 6.07) is 12.7. The molecule has 30 heavy (non-hydrogen) atoms. The molecule has 1 aliphatic heterocycles. The van der Waals surface area contributed by atoms with E-state index >= 15 is 0 Å². The highest BCUT2D eigenvalue weighted by atomic mass is 35.5. The molecule has 0 spiro atoms. The zero-order valence-corrected chi connectivity index (χ0v) is 17.5. The van der Waals surface area contributed by atoms with Gasteiger partial charge in [-0.05, 0) is 35.9 Å². The molecule has 1 saturated heterocycles. The molecule has 4 rings (SSSR count). The first kappa shape index (κ1) is 20.5. The standard InChI is InChI=1S/C22H23ClN4O3/c1-30-22(29)16-4-7-18-19(12-16)24-20(25-21(18)28)14-27-10-8-26(9-11-27)13-15-2-5-17(23)6-3-15/h2-7,12H,8-11,13-14H2,1H3,(H,24,25,28). The molecule has 8 heteroatoms. The van der Waals surface area contributed by atoms with Gasteiger partial charge in [0.1, 0.15) is 5.82 Å². The van der Waals surface area contributed by atoms with Gasteiger partial charge in [0, 0.05) is 37.7 Å². The lowest BCUT2D eigenvalue weighted by Crippen LogP contribution is -2.45. The minimum Gasteiger partial charge on any atom is -0.465 e. The van der Waals surface area contributed by atoms with Gasteiger partial charge in [-0.2, -0.15) is 0 Å². The number of H-pyrrole nitrogens is 1. The van der Waals surface area contributed by atoms with Crippen LogP contribution >= 0.6 is 11.6 Å². The van der Waals surface area contributed by atoms with Crippen molar-refractivity contribution in [3.05, 3.63) is 74.8 Å². The van der Waals surface area contributed by atoms with Crippen LogP contribution in [-0.4, -0.2) is 59.0 Å². The Morgan fingerprint density at radius 1 is 1.07 bits per heavy atom. The quantitative estimate of drug-likeness (QED) is 0.632. The summed E-state index contributed by atoms with van der Waals surface area (Å²) in [6.45, 7) is 5.10. The Morgan fingerprint density at radius 3 is 2.40 bits per heavy atom. The summed E-state index contributed by atoms with van der Waals surface area (Å²) in [5.74, 6) is 0.151. The number of hydrogen-bond donors (Lipinski definition) is 1. The monoisotopic (exact) mass is 426 g/mol. The molecular weight excluding hydrogens is 404 g/mol. The number of methoxy groups -OCH3 is 1. The summed E-state index contributed by atoms with van der Waals surface area (Å²) in [4.78, 5) is 36.3. The van der Waals surface area contributed by atoms with Crippen LogP contribution in [0.2, 0.25) is 5.02 Å². The van der Waals surface area contributed by atoms with E-state index < -0.39 is 5.97 Å². The van der Waals surface area contributed by atoms with Crippen LogP contribution in [-0.2, 0) is 17.8 Å². The number of nitrogens with zero attached hydrogens (tertiary/aromatic N) is 3. The molecule has 0 atom stereocenters. The van der Waals surface area contributed by atoms with Crippen molar-refractivity contribution in [3.8, 4) is 0 Å². The minimum atomic E-state index is -0.447. The molecule has 2 aromatic carbocycles. The van der Waals surface area contributed by atoms with Crippen molar-refractivity contribution in [3.63, 3.8) is 0 Å². The third-order valence-electron chi connectivity index (χ3n) is 5.33. The number of hydrogen-bond acceptors (Lipinski definition) is 6. The second-order valence-electron chi connectivity index (χ2n) is 7.41. The number of rotatable bonds is 5. The molecule has 156 valence electrons. The molecule has 1 aliphatic rings. The molecule has 0 radical (unpaired) electrons. The van der Waals surface area contributed by atoms with E-state index in [0.29, 0.717) is 28.8 Å². The van der Waals surface area contributed by atoms with E-state index in [1.165, 1.54) is 12.7 Å². The highest BCUT2D eigenvalue weighted by Gasteiger charge is 2.18. The van der Waals surface area contributed by atoms with Crippen molar-refractivity contribution >= 4 is 28.5 Å². The number of aromatic nitrogens is 2. The van der Waals surface area contributed by atoms with Crippen LogP contribution in [0.4, 0.5) is 0 Å². The summed E-state index contributed by atoms with van der Waals surface area (Å²) >= 11 is 5.96. The predicted molar refractivity (Wildman–Crippen MR) is 116 cm³/mol. The topological polar surface area (TPSA) is 78.5 Å². The lowest BCUT2D eigenvalue weighted by atomic mass is 10.1. The van der Waals surface area contributed by atoms with Crippen LogP contribution in [0.3, 0.4) is 0 Å². The SMILES string of the molecule is COC(=O)c1ccc2c(=O)[nH]c(CN3CCN(Cc4ccc(Cl)cc4)CC3)nc2c1. The summed E-state index contributed by atoms with van der Waals surface area (Å²) in [5.41, 5.74) is 1.92. The third kappa shape index (κ3) is 4.70. The highest BCUT2D eigenvalue weighted by molar-refractivity contribution is 6.30. The molecular formula is C22H23ClN4O3. The number of nitrogens with one attached hydrogen (secondary N) is 1. The lowest BCUT2D eigenvalue weighted by molar-refractivity contribution is 0.0601. The Labute approximate surface area is 179 Å². The van der Waals surface area contributed by atoms with Gasteiger partial charge in [-0.25, -0.2) is 9.78 Å². The Bertz CT molecular complexity index is 1110. The Hall–Kier alpha value is -2.74. The van der Waals surface area contributed by atoms with Crippen LogP contribution < -0.4 is 5.56 Å². The van der Waals surface area contributed by atoms with Crippen LogP contribution in [0.15, 0.2) is 47.3 Å². The number of fused-ring (bicyclic) bond motifs is 1. The molecule has 1 N–H and O–H groups in total. The van der Waals surface area contributed by atoms with Crippen LogP contribution in [0.1, 0.15) is 21.7 Å². The summed E-state index contributed by atoms with van der Waals surface area (Å²) in [5, 5.41) is 1.21. The molecule has 2 heterocycles. The minimum absolute atomic E-state index is 0.201. The Morgan fingerprint density at radius 2 is 1.73 bits per heavy atom. The second-order valence-corrected chi connectivity index (χ2v) is 7.85. The largest absolute Gasteiger partial charge is 0.465 e. The maximum absolute atomic E-state index is 12.4. The average Bonchev–Trinajstić information content (AvgIpc) is 2.76. The van der Waals surface area contributed by atoms with E-state index in [9.17, 15) is 9.59 Å². The van der Waals surface area contributed by atoms with Gasteiger partial charge in [-0.3, -0.25) is 14.6 Å². The number of carbonyl (C=O) groups is 1. The van der Waals surface area contributed by atoms with Crippen LogP contribution in [0.5, 0.6) is 0 Å². The number of piperazine rings is 1. The van der Waals surface area contributed by atoms with E-state index in [0.717, 1.165) is 37.7 Å². The van der Waals surface area contributed by atoms with Crippen molar-refractivity contribution in [1.82, 2.24) is 19.8 Å². The van der Waals surface area contributed by atoms with Crippen LogP contribution in [0.25, 0.3) is 10.9 Å². The van der Waals surface area contributed by atoms with Gasteiger partial charge in [0.25, 0.3) is 5.56 Å². The first-order valence-corrected chi connectivity index (χ1v) is 10.2. The van der Waals surface area contributed by atoms with Crippen molar-refractivity contribution in [2.45, 2.75) is 13.1 Å². The molecule has 1 fully saturated rings. The zero-order valence-electron chi connectivity index (χ0n) is 16.7. The fourth-order valence-corrected chi connectivity index (χ4v) is 3.80. The second kappa shape index (κ2) is 8.95. The van der Waals surface area contributed by atoms with E-state index in [1.54, 1.807) is 18.2 Å². The van der Waals surface area contributed by atoms with Gasteiger partial charge in [-0.15, -0.1) is 0 Å². The maximum Gasteiger partial charge on any atom is 0.337 e. The third-order valence-corrected chi connectivity index (χ3v) is 5.59. The summed E-state index contributed by atoms with van der Waals surface area (Å²) in [7, 11) is 1.33. The van der Waals surface area contributed by atoms with Crippen LogP contribution in [0, 0.1) is 0 Å². The van der Waals surface area contributed by atoms with Gasteiger partial charge >= 0.3 is 5.97 Å². The predicted octanol–water partition coefficient (Wildman–Crippen LogP) is 2.68. The summed E-state index contributed by atoms with van der Waals surface area (Å²) < 4.78 is 4.75. The van der Waals surface area contributed by atoms with E-state index in [-0.39, 0.29) is 5.56 Å². The smallest absolute Gasteiger partial charge is 0.337 e. The van der Waals surface area contributed by atoms with Crippen molar-refractivity contribution < 1.29 is 9.53 Å². The number of halogens is 1.